The average molecular weight is 520 g/mol. The van der Waals surface area contributed by atoms with Crippen LogP contribution in [0.25, 0.3) is 10.6 Å². The predicted octanol–water partition coefficient (Wildman–Crippen LogP) is 3.21. The number of aromatic hydroxyl groups is 1. The molecule has 0 aliphatic carbocycles. The summed E-state index contributed by atoms with van der Waals surface area (Å²) < 4.78 is 28.8. The fourth-order valence-corrected chi connectivity index (χ4v) is 6.88. The van der Waals surface area contributed by atoms with Crippen LogP contribution in [0.4, 0.5) is 8.78 Å². The van der Waals surface area contributed by atoms with Crippen LogP contribution in [-0.2, 0) is 6.42 Å². The molecule has 4 heterocycles. The third kappa shape index (κ3) is 3.79. The van der Waals surface area contributed by atoms with Gasteiger partial charge in [0.25, 0.3) is 5.91 Å². The Hall–Kier alpha value is -2.99. The monoisotopic (exact) mass is 519 g/mol. The van der Waals surface area contributed by atoms with E-state index in [0.29, 0.717) is 11.6 Å². The van der Waals surface area contributed by atoms with E-state index in [-0.39, 0.29) is 34.2 Å². The molecule has 0 saturated carbocycles. The van der Waals surface area contributed by atoms with Gasteiger partial charge in [-0.1, -0.05) is 17.4 Å². The molecule has 8 nitrogen and oxygen atoms in total. The molecular weight excluding hydrogens is 496 g/mol. The van der Waals surface area contributed by atoms with E-state index in [2.05, 4.69) is 10.2 Å². The van der Waals surface area contributed by atoms with Crippen molar-refractivity contribution in [1.82, 2.24) is 19.8 Å². The first-order valence-corrected chi connectivity index (χ1v) is 13.1. The first-order chi connectivity index (χ1) is 16.8. The summed E-state index contributed by atoms with van der Waals surface area (Å²) in [6, 6.07) is 3.31. The maximum absolute atomic E-state index is 14.1. The molecule has 1 N–H and O–H groups in total. The Bertz CT molecular complexity index is 1370. The molecule has 184 valence electrons. The molecule has 1 fully saturated rings. The number of benzene rings is 1. The Balaban J connectivity index is 1.57. The molecule has 12 heteroatoms. The number of hydrogen-bond donors (Lipinski definition) is 1. The highest BCUT2D eigenvalue weighted by atomic mass is 32.2. The second kappa shape index (κ2) is 8.90. The van der Waals surface area contributed by atoms with Crippen LogP contribution < -0.4 is 10.4 Å². The zero-order chi connectivity index (χ0) is 24.9. The SMILES string of the molecule is CCN1C(=O)c2c(O)c(=O)c(-c3nnc(Cc4ccc(F)cc4F)s3)cn2N(C)C12CCSCC2. The molecule has 0 atom stereocenters. The number of nitrogens with zero attached hydrogens (tertiary/aromatic N) is 5. The summed E-state index contributed by atoms with van der Waals surface area (Å²) in [6.07, 6.45) is 3.10. The van der Waals surface area contributed by atoms with Crippen molar-refractivity contribution in [2.45, 2.75) is 31.8 Å². The number of thioether (sulfide) groups is 1. The fraction of sp³-hybridized carbons (Fsp3) is 0.391. The molecule has 5 rings (SSSR count). The van der Waals surface area contributed by atoms with Crippen LogP contribution in [0, 0.1) is 11.6 Å². The molecule has 0 radical (unpaired) electrons. The fourth-order valence-electron chi connectivity index (χ4n) is 4.86. The Kier molecular flexibility index (Phi) is 6.04. The maximum Gasteiger partial charge on any atom is 0.278 e. The van der Waals surface area contributed by atoms with E-state index in [1.165, 1.54) is 18.3 Å². The van der Waals surface area contributed by atoms with Crippen molar-refractivity contribution in [3.05, 3.63) is 62.5 Å². The highest BCUT2D eigenvalue weighted by Gasteiger charge is 2.50. The minimum atomic E-state index is -0.722. The van der Waals surface area contributed by atoms with Gasteiger partial charge >= 0.3 is 0 Å². The lowest BCUT2D eigenvalue weighted by Gasteiger charge is -2.55. The minimum absolute atomic E-state index is 0.0761. The molecule has 0 unspecified atom stereocenters. The van der Waals surface area contributed by atoms with Crippen molar-refractivity contribution >= 4 is 29.0 Å². The van der Waals surface area contributed by atoms with E-state index in [1.807, 2.05) is 30.7 Å². The molecule has 35 heavy (non-hydrogen) atoms. The summed E-state index contributed by atoms with van der Waals surface area (Å²) >= 11 is 2.91. The summed E-state index contributed by atoms with van der Waals surface area (Å²) in [5, 5.41) is 21.6. The molecule has 1 saturated heterocycles. The Morgan fingerprint density at radius 1 is 1.17 bits per heavy atom. The second-order valence-electron chi connectivity index (χ2n) is 8.49. The quantitative estimate of drug-likeness (QED) is 0.566. The lowest BCUT2D eigenvalue weighted by atomic mass is 9.97. The highest BCUT2D eigenvalue weighted by molar-refractivity contribution is 7.99. The van der Waals surface area contributed by atoms with Gasteiger partial charge in [-0.2, -0.15) is 11.8 Å². The van der Waals surface area contributed by atoms with E-state index < -0.39 is 28.5 Å². The number of aromatic nitrogens is 3. The number of carbonyl (C=O) groups is 1. The van der Waals surface area contributed by atoms with Gasteiger partial charge in [0, 0.05) is 32.3 Å². The number of hydrogen-bond acceptors (Lipinski definition) is 8. The van der Waals surface area contributed by atoms with Crippen LogP contribution >= 0.6 is 23.1 Å². The zero-order valence-electron chi connectivity index (χ0n) is 19.1. The molecular formula is C23H23F2N5O3S2. The maximum atomic E-state index is 14.1. The molecule has 1 aromatic carbocycles. The van der Waals surface area contributed by atoms with Crippen molar-refractivity contribution in [3.8, 4) is 16.3 Å². The summed E-state index contributed by atoms with van der Waals surface area (Å²) in [6.45, 7) is 2.34. The molecule has 2 aliphatic heterocycles. The van der Waals surface area contributed by atoms with Gasteiger partial charge in [0.2, 0.25) is 5.43 Å². The van der Waals surface area contributed by atoms with Crippen LogP contribution in [-0.4, -0.2) is 61.5 Å². The van der Waals surface area contributed by atoms with E-state index in [1.54, 1.807) is 9.58 Å². The van der Waals surface area contributed by atoms with Gasteiger partial charge in [-0.05, 0) is 42.9 Å². The van der Waals surface area contributed by atoms with Gasteiger partial charge in [-0.3, -0.25) is 19.3 Å². The first-order valence-electron chi connectivity index (χ1n) is 11.2. The molecule has 2 aromatic heterocycles. The smallest absolute Gasteiger partial charge is 0.278 e. The van der Waals surface area contributed by atoms with Crippen LogP contribution in [0.15, 0.2) is 29.2 Å². The number of rotatable bonds is 4. The predicted molar refractivity (Wildman–Crippen MR) is 131 cm³/mol. The standard InChI is InChI=1S/C23H23F2N5O3S2/c1-3-29-22(33)18-20(32)19(31)15(12-30(18)28(2)23(29)6-8-34-9-7-23)21-27-26-17(35-21)10-13-4-5-14(24)11-16(13)25/h4-5,11-12,32H,3,6-10H2,1-2H3. The highest BCUT2D eigenvalue weighted by Crippen LogP contribution is 2.40. The van der Waals surface area contributed by atoms with Crippen LogP contribution in [0.2, 0.25) is 0 Å². The lowest BCUT2D eigenvalue weighted by molar-refractivity contribution is 0.0266. The van der Waals surface area contributed by atoms with Crippen LogP contribution in [0.5, 0.6) is 5.75 Å². The number of pyridine rings is 1. The topological polar surface area (TPSA) is 91.6 Å². The van der Waals surface area contributed by atoms with E-state index in [4.69, 9.17) is 0 Å². The third-order valence-electron chi connectivity index (χ3n) is 6.70. The normalized spacial score (nSPS) is 17.2. The van der Waals surface area contributed by atoms with Gasteiger partial charge in [-0.15, -0.1) is 10.2 Å². The second-order valence-corrected chi connectivity index (χ2v) is 10.8. The van der Waals surface area contributed by atoms with Crippen LogP contribution in [0.1, 0.15) is 40.8 Å². The average Bonchev–Trinajstić information content (AvgIpc) is 3.30. The van der Waals surface area contributed by atoms with E-state index in [9.17, 15) is 23.5 Å². The lowest BCUT2D eigenvalue weighted by Crippen LogP contribution is -2.70. The van der Waals surface area contributed by atoms with Crippen molar-refractivity contribution in [2.24, 2.45) is 0 Å². The molecule has 2 aliphatic rings. The van der Waals surface area contributed by atoms with Gasteiger partial charge in [0.1, 0.15) is 22.3 Å². The van der Waals surface area contributed by atoms with Gasteiger partial charge in [-0.25, -0.2) is 8.78 Å². The largest absolute Gasteiger partial charge is 0.502 e. The number of amides is 1. The zero-order valence-corrected chi connectivity index (χ0v) is 20.8. The third-order valence-corrected chi connectivity index (χ3v) is 8.65. The van der Waals surface area contributed by atoms with Gasteiger partial charge < -0.3 is 10.0 Å². The minimum Gasteiger partial charge on any atom is -0.502 e. The molecule has 3 aromatic rings. The Morgan fingerprint density at radius 2 is 1.91 bits per heavy atom. The molecule has 1 spiro atoms. The van der Waals surface area contributed by atoms with Gasteiger partial charge in [0.05, 0.1) is 5.56 Å². The van der Waals surface area contributed by atoms with E-state index in [0.717, 1.165) is 41.8 Å². The van der Waals surface area contributed by atoms with Crippen molar-refractivity contribution < 1.29 is 18.7 Å². The van der Waals surface area contributed by atoms with E-state index >= 15 is 0 Å². The van der Waals surface area contributed by atoms with Crippen molar-refractivity contribution in [3.63, 3.8) is 0 Å². The summed E-state index contributed by atoms with van der Waals surface area (Å²) in [5.74, 6) is -0.603. The summed E-state index contributed by atoms with van der Waals surface area (Å²) in [7, 11) is 1.85. The van der Waals surface area contributed by atoms with Crippen LogP contribution in [0.3, 0.4) is 0 Å². The molecule has 0 bridgehead atoms. The summed E-state index contributed by atoms with van der Waals surface area (Å²) in [5.41, 5.74) is -1.01. The number of fused-ring (bicyclic) bond motifs is 1. The number of halogens is 2. The van der Waals surface area contributed by atoms with Gasteiger partial charge in [0.15, 0.2) is 16.5 Å². The van der Waals surface area contributed by atoms with Crippen molar-refractivity contribution in [2.75, 3.05) is 30.1 Å². The van der Waals surface area contributed by atoms with Crippen molar-refractivity contribution in [1.29, 1.82) is 0 Å². The first kappa shape index (κ1) is 23.7. The number of carbonyl (C=O) groups excluding carboxylic acids is 1. The Labute approximate surface area is 208 Å². The Morgan fingerprint density at radius 3 is 2.60 bits per heavy atom. The molecule has 1 amide bonds. The summed E-state index contributed by atoms with van der Waals surface area (Å²) in [4.78, 5) is 28.3.